The molecule has 0 spiro atoms. The van der Waals surface area contributed by atoms with Gasteiger partial charge in [-0.3, -0.25) is 9.78 Å². The summed E-state index contributed by atoms with van der Waals surface area (Å²) in [5.74, 6) is -0.310. The van der Waals surface area contributed by atoms with Crippen molar-refractivity contribution in [2.75, 3.05) is 13.1 Å². The van der Waals surface area contributed by atoms with Crippen LogP contribution in [-0.2, 0) is 0 Å². The van der Waals surface area contributed by atoms with Crippen LogP contribution < -0.4 is 0 Å². The van der Waals surface area contributed by atoms with Gasteiger partial charge in [-0.15, -0.1) is 0 Å². The van der Waals surface area contributed by atoms with Crippen molar-refractivity contribution < 1.29 is 9.18 Å². The molecule has 0 atom stereocenters. The second-order valence-electron chi connectivity index (χ2n) is 4.91. The van der Waals surface area contributed by atoms with Gasteiger partial charge in [0.25, 0.3) is 5.91 Å². The predicted molar refractivity (Wildman–Crippen MR) is 71.5 cm³/mol. The van der Waals surface area contributed by atoms with Crippen LogP contribution >= 0.6 is 0 Å². The first kappa shape index (κ1) is 12.1. The lowest BCUT2D eigenvalue weighted by Crippen LogP contribution is -2.35. The summed E-state index contributed by atoms with van der Waals surface area (Å²) in [5.41, 5.74) is 1.25. The van der Waals surface area contributed by atoms with E-state index in [0.29, 0.717) is 16.5 Å². The van der Waals surface area contributed by atoms with Crippen LogP contribution in [0.5, 0.6) is 0 Å². The molecule has 1 aromatic heterocycles. The molecule has 98 valence electrons. The van der Waals surface area contributed by atoms with Crippen LogP contribution in [0.1, 0.15) is 29.6 Å². The number of amides is 1. The number of aromatic nitrogens is 1. The van der Waals surface area contributed by atoms with Crippen LogP contribution in [0.3, 0.4) is 0 Å². The number of carbonyl (C=O) groups is 1. The lowest BCUT2D eigenvalue weighted by molar-refractivity contribution is 0.0724. The highest BCUT2D eigenvalue weighted by atomic mass is 19.1. The van der Waals surface area contributed by atoms with Gasteiger partial charge in [0.05, 0.1) is 11.1 Å². The molecular formula is C15H15FN2O. The van der Waals surface area contributed by atoms with E-state index in [1.807, 2.05) is 4.90 Å². The third-order valence-electron chi connectivity index (χ3n) is 3.53. The third-order valence-corrected chi connectivity index (χ3v) is 3.53. The average Bonchev–Trinajstić information content (AvgIpc) is 2.46. The van der Waals surface area contributed by atoms with Crippen LogP contribution in [0, 0.1) is 5.82 Å². The van der Waals surface area contributed by atoms with Crippen LogP contribution in [0.2, 0.25) is 0 Å². The molecule has 0 aliphatic carbocycles. The van der Waals surface area contributed by atoms with Gasteiger partial charge in [-0.1, -0.05) is 0 Å². The van der Waals surface area contributed by atoms with Gasteiger partial charge in [-0.25, -0.2) is 4.39 Å². The van der Waals surface area contributed by atoms with Crippen molar-refractivity contribution in [1.82, 2.24) is 9.88 Å². The number of hydrogen-bond acceptors (Lipinski definition) is 2. The highest BCUT2D eigenvalue weighted by Crippen LogP contribution is 2.18. The number of rotatable bonds is 1. The fourth-order valence-electron chi connectivity index (χ4n) is 2.50. The number of hydrogen-bond donors (Lipinski definition) is 0. The van der Waals surface area contributed by atoms with Crippen molar-refractivity contribution in [3.8, 4) is 0 Å². The zero-order valence-electron chi connectivity index (χ0n) is 10.6. The smallest absolute Gasteiger partial charge is 0.255 e. The van der Waals surface area contributed by atoms with Gasteiger partial charge >= 0.3 is 0 Å². The first-order valence-corrected chi connectivity index (χ1v) is 6.59. The lowest BCUT2D eigenvalue weighted by Gasteiger charge is -2.26. The molecule has 1 saturated heterocycles. The molecule has 3 rings (SSSR count). The highest BCUT2D eigenvalue weighted by Gasteiger charge is 2.18. The maximum atomic E-state index is 13.2. The Bertz CT molecular complexity index is 621. The van der Waals surface area contributed by atoms with E-state index in [4.69, 9.17) is 0 Å². The molecule has 2 aromatic rings. The van der Waals surface area contributed by atoms with Gasteiger partial charge in [0.15, 0.2) is 0 Å². The van der Waals surface area contributed by atoms with Crippen molar-refractivity contribution in [3.63, 3.8) is 0 Å². The standard InChI is InChI=1S/C15H15FN2O/c16-13-4-5-14-11(9-13)8-12(10-17-14)15(19)18-6-2-1-3-7-18/h4-5,8-10H,1-3,6-7H2. The summed E-state index contributed by atoms with van der Waals surface area (Å²) >= 11 is 0. The molecule has 1 fully saturated rings. The third kappa shape index (κ3) is 2.43. The largest absolute Gasteiger partial charge is 0.339 e. The maximum Gasteiger partial charge on any atom is 0.255 e. The summed E-state index contributed by atoms with van der Waals surface area (Å²) in [6.07, 6.45) is 4.88. The average molecular weight is 258 g/mol. The fraction of sp³-hybridized carbons (Fsp3) is 0.333. The Hall–Kier alpha value is -1.97. The van der Waals surface area contributed by atoms with Gasteiger partial charge < -0.3 is 4.90 Å². The Balaban J connectivity index is 1.93. The zero-order chi connectivity index (χ0) is 13.2. The minimum atomic E-state index is -0.308. The van der Waals surface area contributed by atoms with Gasteiger partial charge in [-0.2, -0.15) is 0 Å². The number of benzene rings is 1. The number of fused-ring (bicyclic) bond motifs is 1. The second kappa shape index (κ2) is 4.96. The molecule has 0 N–H and O–H groups in total. The molecular weight excluding hydrogens is 243 g/mol. The van der Waals surface area contributed by atoms with Crippen LogP contribution in [-0.4, -0.2) is 28.9 Å². The Kier molecular flexibility index (Phi) is 3.15. The maximum absolute atomic E-state index is 13.2. The van der Waals surface area contributed by atoms with E-state index in [0.717, 1.165) is 25.9 Å². The van der Waals surface area contributed by atoms with Crippen molar-refractivity contribution in [3.05, 3.63) is 41.8 Å². The number of nitrogens with zero attached hydrogens (tertiary/aromatic N) is 2. The molecule has 1 aliphatic rings. The number of carbonyl (C=O) groups excluding carboxylic acids is 1. The number of pyridine rings is 1. The van der Waals surface area contributed by atoms with E-state index < -0.39 is 0 Å². The van der Waals surface area contributed by atoms with E-state index >= 15 is 0 Å². The van der Waals surface area contributed by atoms with Crippen LogP contribution in [0.4, 0.5) is 4.39 Å². The van der Waals surface area contributed by atoms with Crippen LogP contribution in [0.25, 0.3) is 10.9 Å². The number of piperidine rings is 1. The van der Waals surface area contributed by atoms with Gasteiger partial charge in [0.2, 0.25) is 0 Å². The fourth-order valence-corrected chi connectivity index (χ4v) is 2.50. The minimum Gasteiger partial charge on any atom is -0.339 e. The summed E-state index contributed by atoms with van der Waals surface area (Å²) in [6.45, 7) is 1.61. The van der Waals surface area contributed by atoms with Crippen LogP contribution in [0.15, 0.2) is 30.5 Å². The summed E-state index contributed by atoms with van der Waals surface area (Å²) in [6, 6.07) is 6.14. The molecule has 0 radical (unpaired) electrons. The lowest BCUT2D eigenvalue weighted by atomic mass is 10.1. The molecule has 0 unspecified atom stereocenters. The molecule has 2 heterocycles. The Labute approximate surface area is 111 Å². The topological polar surface area (TPSA) is 33.2 Å². The number of halogens is 1. The van der Waals surface area contributed by atoms with Crippen molar-refractivity contribution in [1.29, 1.82) is 0 Å². The molecule has 19 heavy (non-hydrogen) atoms. The first-order valence-electron chi connectivity index (χ1n) is 6.59. The Morgan fingerprint density at radius 1 is 1.16 bits per heavy atom. The zero-order valence-corrected chi connectivity index (χ0v) is 10.6. The Morgan fingerprint density at radius 3 is 2.74 bits per heavy atom. The van der Waals surface area contributed by atoms with E-state index in [9.17, 15) is 9.18 Å². The molecule has 1 aliphatic heterocycles. The van der Waals surface area contributed by atoms with Gasteiger partial charge in [-0.05, 0) is 43.5 Å². The predicted octanol–water partition coefficient (Wildman–Crippen LogP) is 3.00. The number of likely N-dealkylation sites (tertiary alicyclic amines) is 1. The van der Waals surface area contributed by atoms with E-state index in [1.165, 1.54) is 18.6 Å². The summed E-state index contributed by atoms with van der Waals surface area (Å²) in [5, 5.41) is 0.669. The first-order chi connectivity index (χ1) is 9.24. The van der Waals surface area contributed by atoms with E-state index in [2.05, 4.69) is 4.98 Å². The SMILES string of the molecule is O=C(c1cnc2ccc(F)cc2c1)N1CCCCC1. The van der Waals surface area contributed by atoms with E-state index in [-0.39, 0.29) is 11.7 Å². The Morgan fingerprint density at radius 2 is 1.95 bits per heavy atom. The molecule has 0 saturated carbocycles. The van der Waals surface area contributed by atoms with Gasteiger partial charge in [0.1, 0.15) is 5.82 Å². The quantitative estimate of drug-likeness (QED) is 0.787. The van der Waals surface area contributed by atoms with Crippen molar-refractivity contribution in [2.45, 2.75) is 19.3 Å². The summed E-state index contributed by atoms with van der Waals surface area (Å²) in [4.78, 5) is 18.4. The molecule has 4 heteroatoms. The summed E-state index contributed by atoms with van der Waals surface area (Å²) in [7, 11) is 0. The monoisotopic (exact) mass is 258 g/mol. The normalized spacial score (nSPS) is 15.7. The van der Waals surface area contributed by atoms with Gasteiger partial charge in [0, 0.05) is 24.7 Å². The van der Waals surface area contributed by atoms with Crippen molar-refractivity contribution >= 4 is 16.8 Å². The second-order valence-corrected chi connectivity index (χ2v) is 4.91. The highest BCUT2D eigenvalue weighted by molar-refractivity contribution is 5.97. The minimum absolute atomic E-state index is 0.00152. The molecule has 3 nitrogen and oxygen atoms in total. The molecule has 1 amide bonds. The molecule has 0 bridgehead atoms. The van der Waals surface area contributed by atoms with E-state index in [1.54, 1.807) is 18.3 Å². The summed E-state index contributed by atoms with van der Waals surface area (Å²) < 4.78 is 13.2. The molecule has 1 aromatic carbocycles. The van der Waals surface area contributed by atoms with Crippen molar-refractivity contribution in [2.24, 2.45) is 0 Å².